The Bertz CT molecular complexity index is 773. The average molecular weight is 372 g/mol. The van der Waals surface area contributed by atoms with E-state index < -0.39 is 6.61 Å². The van der Waals surface area contributed by atoms with Gasteiger partial charge in [0.05, 0.1) is 5.56 Å². The highest BCUT2D eigenvalue weighted by Gasteiger charge is 2.24. The topological polar surface area (TPSA) is 32.8 Å². The van der Waals surface area contributed by atoms with E-state index >= 15 is 0 Å². The first kappa shape index (κ1) is 19.0. The first-order chi connectivity index (χ1) is 13.1. The molecule has 0 aromatic heterocycles. The van der Waals surface area contributed by atoms with Gasteiger partial charge in [-0.25, -0.2) is 0 Å². The third-order valence-electron chi connectivity index (χ3n) is 4.47. The molecule has 2 aromatic carbocycles. The Morgan fingerprint density at radius 2 is 1.67 bits per heavy atom. The van der Waals surface area contributed by atoms with Gasteiger partial charge in [0.25, 0.3) is 5.91 Å². The second-order valence-corrected chi connectivity index (χ2v) is 6.28. The van der Waals surface area contributed by atoms with E-state index in [4.69, 9.17) is 0 Å². The number of halogens is 2. The monoisotopic (exact) mass is 372 g/mol. The molecule has 0 radical (unpaired) electrons. The van der Waals surface area contributed by atoms with Crippen LogP contribution in [0.15, 0.2) is 60.7 Å². The van der Waals surface area contributed by atoms with Crippen molar-refractivity contribution in [3.63, 3.8) is 0 Å². The number of nitrogens with zero attached hydrogens (tertiary/aromatic N) is 2. The van der Waals surface area contributed by atoms with Gasteiger partial charge in [-0.2, -0.15) is 8.78 Å². The molecule has 0 bridgehead atoms. The fourth-order valence-corrected chi connectivity index (χ4v) is 3.05. The molecule has 0 spiro atoms. The lowest BCUT2D eigenvalue weighted by atomic mass is 10.1. The zero-order valence-corrected chi connectivity index (χ0v) is 14.9. The minimum absolute atomic E-state index is 0.0780. The Labute approximate surface area is 157 Å². The van der Waals surface area contributed by atoms with Crippen LogP contribution in [0.25, 0.3) is 6.08 Å². The number of piperazine rings is 1. The minimum atomic E-state index is -2.95. The SMILES string of the molecule is O=C(c1ccccc1OC(F)F)N1CCN(C/C=C/c2ccccc2)CC1. The second kappa shape index (κ2) is 9.28. The van der Waals surface area contributed by atoms with Crippen molar-refractivity contribution in [2.75, 3.05) is 32.7 Å². The first-order valence-corrected chi connectivity index (χ1v) is 8.90. The number of amides is 1. The lowest BCUT2D eigenvalue weighted by Crippen LogP contribution is -2.48. The first-order valence-electron chi connectivity index (χ1n) is 8.90. The van der Waals surface area contributed by atoms with Gasteiger partial charge in [0.1, 0.15) is 5.75 Å². The molecule has 1 aliphatic rings. The summed E-state index contributed by atoms with van der Waals surface area (Å²) in [7, 11) is 0. The van der Waals surface area contributed by atoms with Crippen molar-refractivity contribution in [2.24, 2.45) is 0 Å². The van der Waals surface area contributed by atoms with Gasteiger partial charge in [-0.05, 0) is 17.7 Å². The number of para-hydroxylation sites is 1. The molecule has 1 fully saturated rings. The average Bonchev–Trinajstić information content (AvgIpc) is 2.69. The molecule has 2 aromatic rings. The fourth-order valence-electron chi connectivity index (χ4n) is 3.05. The molecule has 0 unspecified atom stereocenters. The normalized spacial score (nSPS) is 15.4. The van der Waals surface area contributed by atoms with Gasteiger partial charge < -0.3 is 9.64 Å². The van der Waals surface area contributed by atoms with Gasteiger partial charge >= 0.3 is 6.61 Å². The number of carbonyl (C=O) groups is 1. The molecule has 0 aliphatic carbocycles. The molecule has 3 rings (SSSR count). The maximum absolute atomic E-state index is 12.7. The van der Waals surface area contributed by atoms with Gasteiger partial charge in [0, 0.05) is 32.7 Å². The zero-order valence-electron chi connectivity index (χ0n) is 14.9. The molecule has 0 saturated carbocycles. The van der Waals surface area contributed by atoms with Gasteiger partial charge in [-0.1, -0.05) is 54.6 Å². The van der Waals surface area contributed by atoms with Gasteiger partial charge in [-0.3, -0.25) is 9.69 Å². The molecule has 0 atom stereocenters. The fraction of sp³-hybridized carbons (Fsp3) is 0.286. The summed E-state index contributed by atoms with van der Waals surface area (Å²) in [5, 5.41) is 0. The smallest absolute Gasteiger partial charge is 0.387 e. The van der Waals surface area contributed by atoms with E-state index in [1.54, 1.807) is 17.0 Å². The quantitative estimate of drug-likeness (QED) is 0.774. The number of ether oxygens (including phenoxy) is 1. The van der Waals surface area contributed by atoms with Crippen LogP contribution in [-0.2, 0) is 0 Å². The highest BCUT2D eigenvalue weighted by molar-refractivity contribution is 5.97. The van der Waals surface area contributed by atoms with Crippen molar-refractivity contribution in [2.45, 2.75) is 6.61 Å². The van der Waals surface area contributed by atoms with E-state index in [1.807, 2.05) is 30.3 Å². The third-order valence-corrected chi connectivity index (χ3v) is 4.47. The van der Waals surface area contributed by atoms with Crippen molar-refractivity contribution in [3.05, 3.63) is 71.8 Å². The number of alkyl halides is 2. The van der Waals surface area contributed by atoms with Crippen molar-refractivity contribution in [1.82, 2.24) is 9.80 Å². The second-order valence-electron chi connectivity index (χ2n) is 6.28. The summed E-state index contributed by atoms with van der Waals surface area (Å²) in [6.45, 7) is 0.447. The van der Waals surface area contributed by atoms with E-state index in [0.29, 0.717) is 13.1 Å². The van der Waals surface area contributed by atoms with Gasteiger partial charge in [-0.15, -0.1) is 0 Å². The predicted molar refractivity (Wildman–Crippen MR) is 101 cm³/mol. The highest BCUT2D eigenvalue weighted by Crippen LogP contribution is 2.22. The highest BCUT2D eigenvalue weighted by atomic mass is 19.3. The summed E-state index contributed by atoms with van der Waals surface area (Å²) < 4.78 is 29.5. The van der Waals surface area contributed by atoms with Crippen LogP contribution in [0.5, 0.6) is 5.75 Å². The maximum Gasteiger partial charge on any atom is 0.387 e. The van der Waals surface area contributed by atoms with Gasteiger partial charge in [0.2, 0.25) is 0 Å². The van der Waals surface area contributed by atoms with Crippen LogP contribution in [0, 0.1) is 0 Å². The Balaban J connectivity index is 1.53. The molecule has 1 amide bonds. The zero-order chi connectivity index (χ0) is 19.1. The van der Waals surface area contributed by atoms with E-state index in [2.05, 4.69) is 21.8 Å². The third kappa shape index (κ3) is 5.37. The molecular formula is C21H22F2N2O2. The molecule has 6 heteroatoms. The van der Waals surface area contributed by atoms with E-state index in [-0.39, 0.29) is 17.2 Å². The van der Waals surface area contributed by atoms with Crippen LogP contribution < -0.4 is 4.74 Å². The van der Waals surface area contributed by atoms with Crippen LogP contribution in [-0.4, -0.2) is 55.0 Å². The number of rotatable bonds is 6. The summed E-state index contributed by atoms with van der Waals surface area (Å²) in [6, 6.07) is 16.2. The van der Waals surface area contributed by atoms with E-state index in [0.717, 1.165) is 25.2 Å². The van der Waals surface area contributed by atoms with Gasteiger partial charge in [0.15, 0.2) is 0 Å². The standard InChI is InChI=1S/C21H22F2N2O2/c22-21(23)27-19-11-5-4-10-18(19)20(26)25-15-13-24(14-16-25)12-6-9-17-7-2-1-3-8-17/h1-11,21H,12-16H2/b9-6+. The summed E-state index contributed by atoms with van der Waals surface area (Å²) >= 11 is 0. The van der Waals surface area contributed by atoms with Crippen LogP contribution in [0.4, 0.5) is 8.78 Å². The number of benzene rings is 2. The van der Waals surface area contributed by atoms with Crippen molar-refractivity contribution in [3.8, 4) is 5.75 Å². The number of hydrogen-bond donors (Lipinski definition) is 0. The molecule has 27 heavy (non-hydrogen) atoms. The predicted octanol–water partition coefficient (Wildman–Crippen LogP) is 3.76. The van der Waals surface area contributed by atoms with Crippen molar-refractivity contribution < 1.29 is 18.3 Å². The Kier molecular flexibility index (Phi) is 6.54. The Morgan fingerprint density at radius 3 is 2.37 bits per heavy atom. The number of hydrogen-bond acceptors (Lipinski definition) is 3. The summed E-state index contributed by atoms with van der Waals surface area (Å²) in [5.41, 5.74) is 1.33. The van der Waals surface area contributed by atoms with Crippen LogP contribution >= 0.6 is 0 Å². The van der Waals surface area contributed by atoms with Crippen molar-refractivity contribution in [1.29, 1.82) is 0 Å². The molecule has 4 nitrogen and oxygen atoms in total. The lowest BCUT2D eigenvalue weighted by molar-refractivity contribution is -0.0503. The summed E-state index contributed by atoms with van der Waals surface area (Å²) in [5.74, 6) is -0.351. The van der Waals surface area contributed by atoms with E-state index in [9.17, 15) is 13.6 Å². The minimum Gasteiger partial charge on any atom is -0.434 e. The number of carbonyl (C=O) groups excluding carboxylic acids is 1. The summed E-state index contributed by atoms with van der Waals surface area (Å²) in [4.78, 5) is 16.6. The maximum atomic E-state index is 12.7. The molecule has 0 N–H and O–H groups in total. The molecule has 1 saturated heterocycles. The van der Waals surface area contributed by atoms with Crippen LogP contribution in [0.1, 0.15) is 15.9 Å². The lowest BCUT2D eigenvalue weighted by Gasteiger charge is -2.34. The van der Waals surface area contributed by atoms with E-state index in [1.165, 1.54) is 12.1 Å². The van der Waals surface area contributed by atoms with Crippen molar-refractivity contribution >= 4 is 12.0 Å². The Morgan fingerprint density at radius 1 is 1.00 bits per heavy atom. The molecular weight excluding hydrogens is 350 g/mol. The summed E-state index contributed by atoms with van der Waals surface area (Å²) in [6.07, 6.45) is 4.19. The molecule has 1 heterocycles. The Hall–Kier alpha value is -2.73. The molecule has 1 aliphatic heterocycles. The molecule has 142 valence electrons. The van der Waals surface area contributed by atoms with Crippen LogP contribution in [0.2, 0.25) is 0 Å². The largest absolute Gasteiger partial charge is 0.434 e. The van der Waals surface area contributed by atoms with Crippen LogP contribution in [0.3, 0.4) is 0 Å².